The first-order valence-electron chi connectivity index (χ1n) is 10.2. The summed E-state index contributed by atoms with van der Waals surface area (Å²) in [5, 5.41) is 0. The van der Waals surface area contributed by atoms with Crippen LogP contribution in [0.4, 0.5) is 19.4 Å². The number of hydrogen-bond acceptors (Lipinski definition) is 6. The van der Waals surface area contributed by atoms with Crippen LogP contribution in [0, 0.1) is 17.6 Å². The van der Waals surface area contributed by atoms with Gasteiger partial charge < -0.3 is 19.3 Å². The summed E-state index contributed by atoms with van der Waals surface area (Å²) >= 11 is 0. The van der Waals surface area contributed by atoms with Crippen molar-refractivity contribution in [3.8, 4) is 11.6 Å². The van der Waals surface area contributed by atoms with Gasteiger partial charge in [-0.15, -0.1) is 0 Å². The Hall–Kier alpha value is -2.97. The molecule has 0 bridgehead atoms. The molecule has 7 nitrogen and oxygen atoms in total. The average molecular weight is 434 g/mol. The lowest BCUT2D eigenvalue weighted by Crippen LogP contribution is -2.43. The zero-order valence-electron chi connectivity index (χ0n) is 18.3. The number of halogens is 2. The molecular weight excluding hydrogens is 406 g/mol. The molecule has 0 saturated carbocycles. The van der Waals surface area contributed by atoms with Gasteiger partial charge in [-0.3, -0.25) is 0 Å². The van der Waals surface area contributed by atoms with Crippen LogP contribution in [0.25, 0.3) is 0 Å². The first-order chi connectivity index (χ1) is 14.6. The van der Waals surface area contributed by atoms with Gasteiger partial charge in [0.25, 0.3) is 0 Å². The van der Waals surface area contributed by atoms with Crippen LogP contribution < -0.4 is 9.64 Å². The Morgan fingerprint density at radius 1 is 1.19 bits per heavy atom. The number of benzene rings is 1. The molecule has 1 aromatic heterocycles. The van der Waals surface area contributed by atoms with E-state index in [9.17, 15) is 13.6 Å². The smallest absolute Gasteiger partial charge is 0.410 e. The summed E-state index contributed by atoms with van der Waals surface area (Å²) in [6.45, 7) is 7.58. The summed E-state index contributed by atoms with van der Waals surface area (Å²) in [7, 11) is 1.90. The Bertz CT molecular complexity index is 912. The SMILES string of the molecule is CN(CC1CCN(C(=O)OC(C)(C)C)CC1)c1cc(Oc2cc(F)ccc2F)ncn1. The van der Waals surface area contributed by atoms with Crippen molar-refractivity contribution in [1.82, 2.24) is 14.9 Å². The number of rotatable bonds is 5. The molecule has 1 amide bonds. The second-order valence-electron chi connectivity index (χ2n) is 8.68. The molecule has 168 valence electrons. The minimum absolute atomic E-state index is 0.126. The van der Waals surface area contributed by atoms with Gasteiger partial charge in [-0.25, -0.2) is 23.5 Å². The molecule has 2 heterocycles. The third-order valence-electron chi connectivity index (χ3n) is 4.92. The van der Waals surface area contributed by atoms with Crippen molar-refractivity contribution in [1.29, 1.82) is 0 Å². The highest BCUT2D eigenvalue weighted by Gasteiger charge is 2.27. The van der Waals surface area contributed by atoms with Gasteiger partial charge >= 0.3 is 6.09 Å². The molecule has 0 atom stereocenters. The lowest BCUT2D eigenvalue weighted by molar-refractivity contribution is 0.0186. The lowest BCUT2D eigenvalue weighted by Gasteiger charge is -2.35. The van der Waals surface area contributed by atoms with Crippen molar-refractivity contribution in [3.05, 3.63) is 42.2 Å². The molecule has 9 heteroatoms. The number of likely N-dealkylation sites (tertiary alicyclic amines) is 1. The number of carbonyl (C=O) groups is 1. The molecule has 1 aromatic carbocycles. The Balaban J connectivity index is 1.55. The van der Waals surface area contributed by atoms with Crippen molar-refractivity contribution in [2.24, 2.45) is 5.92 Å². The first kappa shape index (κ1) is 22.7. The topological polar surface area (TPSA) is 67.8 Å². The van der Waals surface area contributed by atoms with Crippen molar-refractivity contribution in [2.45, 2.75) is 39.2 Å². The Labute approximate surface area is 181 Å². The lowest BCUT2D eigenvalue weighted by atomic mass is 9.96. The van der Waals surface area contributed by atoms with Gasteiger partial charge in [-0.1, -0.05) is 0 Å². The molecule has 0 N–H and O–H groups in total. The molecule has 1 fully saturated rings. The Morgan fingerprint density at radius 3 is 2.58 bits per heavy atom. The molecule has 31 heavy (non-hydrogen) atoms. The molecule has 0 radical (unpaired) electrons. The van der Waals surface area contributed by atoms with Crippen LogP contribution >= 0.6 is 0 Å². The van der Waals surface area contributed by atoms with Crippen LogP contribution in [0.1, 0.15) is 33.6 Å². The number of amides is 1. The summed E-state index contributed by atoms with van der Waals surface area (Å²) in [6.07, 6.45) is 2.75. The fourth-order valence-electron chi connectivity index (χ4n) is 3.37. The normalized spacial score (nSPS) is 15.0. The van der Waals surface area contributed by atoms with Crippen LogP contribution in [0.15, 0.2) is 30.6 Å². The van der Waals surface area contributed by atoms with E-state index in [2.05, 4.69) is 9.97 Å². The number of nitrogens with zero attached hydrogens (tertiary/aromatic N) is 4. The van der Waals surface area contributed by atoms with Crippen LogP contribution in [0.5, 0.6) is 11.6 Å². The molecule has 0 aliphatic carbocycles. The molecule has 1 saturated heterocycles. The second-order valence-corrected chi connectivity index (χ2v) is 8.68. The van der Waals surface area contributed by atoms with Gasteiger partial charge in [0, 0.05) is 38.8 Å². The standard InChI is InChI=1S/C22H28F2N4O3/c1-22(2,3)31-21(29)28-9-7-15(8-10-28)13-27(4)19-12-20(26-14-25-19)30-18-11-16(23)5-6-17(18)24/h5-6,11-12,14-15H,7-10,13H2,1-4H3. The predicted molar refractivity (Wildman–Crippen MR) is 112 cm³/mol. The number of hydrogen-bond donors (Lipinski definition) is 0. The van der Waals surface area contributed by atoms with E-state index in [1.165, 1.54) is 6.33 Å². The van der Waals surface area contributed by atoms with Crippen LogP contribution in [-0.2, 0) is 4.74 Å². The summed E-state index contributed by atoms with van der Waals surface area (Å²) < 4.78 is 38.0. The van der Waals surface area contributed by atoms with Gasteiger partial charge in [-0.2, -0.15) is 0 Å². The molecule has 3 rings (SSSR count). The monoisotopic (exact) mass is 434 g/mol. The highest BCUT2D eigenvalue weighted by molar-refractivity contribution is 5.68. The summed E-state index contributed by atoms with van der Waals surface area (Å²) in [5.74, 6) is -0.393. The van der Waals surface area contributed by atoms with Crippen LogP contribution in [0.2, 0.25) is 0 Å². The van der Waals surface area contributed by atoms with Crippen molar-refractivity contribution in [3.63, 3.8) is 0 Å². The van der Waals surface area contributed by atoms with Gasteiger partial charge in [0.2, 0.25) is 5.88 Å². The second kappa shape index (κ2) is 9.45. The minimum atomic E-state index is -0.674. The van der Waals surface area contributed by atoms with Gasteiger partial charge in [0.1, 0.15) is 23.6 Å². The van der Waals surface area contributed by atoms with E-state index >= 15 is 0 Å². The number of ether oxygens (including phenoxy) is 2. The quantitative estimate of drug-likeness (QED) is 0.684. The Kier molecular flexibility index (Phi) is 6.92. The first-order valence-corrected chi connectivity index (χ1v) is 10.2. The maximum atomic E-state index is 13.8. The Morgan fingerprint density at radius 2 is 1.90 bits per heavy atom. The van der Waals surface area contributed by atoms with Crippen LogP contribution in [0.3, 0.4) is 0 Å². The number of piperidine rings is 1. The maximum Gasteiger partial charge on any atom is 0.410 e. The molecule has 0 spiro atoms. The minimum Gasteiger partial charge on any atom is -0.444 e. The van der Waals surface area contributed by atoms with Gasteiger partial charge in [0.05, 0.1) is 0 Å². The van der Waals surface area contributed by atoms with E-state index in [0.717, 1.165) is 37.6 Å². The maximum absolute atomic E-state index is 13.8. The number of anilines is 1. The molecule has 2 aromatic rings. The van der Waals surface area contributed by atoms with Crippen molar-refractivity contribution in [2.75, 3.05) is 31.6 Å². The van der Waals surface area contributed by atoms with Gasteiger partial charge in [-0.05, 0) is 51.7 Å². The summed E-state index contributed by atoms with van der Waals surface area (Å²) in [5.41, 5.74) is -0.505. The average Bonchev–Trinajstić information content (AvgIpc) is 2.70. The highest BCUT2D eigenvalue weighted by atomic mass is 19.1. The van der Waals surface area contributed by atoms with Gasteiger partial charge in [0.15, 0.2) is 11.6 Å². The molecule has 0 unspecified atom stereocenters. The molecule has 1 aliphatic heterocycles. The molecule has 1 aliphatic rings. The fourth-order valence-corrected chi connectivity index (χ4v) is 3.37. The van der Waals surface area contributed by atoms with E-state index in [0.29, 0.717) is 24.8 Å². The van der Waals surface area contributed by atoms with E-state index in [1.807, 2.05) is 32.7 Å². The van der Waals surface area contributed by atoms with E-state index in [1.54, 1.807) is 11.0 Å². The predicted octanol–water partition coefficient (Wildman–Crippen LogP) is 4.63. The fraction of sp³-hybridized carbons (Fsp3) is 0.500. The zero-order chi connectivity index (χ0) is 22.6. The number of aromatic nitrogens is 2. The summed E-state index contributed by atoms with van der Waals surface area (Å²) in [6, 6.07) is 4.58. The van der Waals surface area contributed by atoms with E-state index < -0.39 is 17.2 Å². The third kappa shape index (κ3) is 6.50. The van der Waals surface area contributed by atoms with Crippen LogP contribution in [-0.4, -0.2) is 53.2 Å². The van der Waals surface area contributed by atoms with Crippen molar-refractivity contribution >= 4 is 11.9 Å². The van der Waals surface area contributed by atoms with E-state index in [4.69, 9.17) is 9.47 Å². The highest BCUT2D eigenvalue weighted by Crippen LogP contribution is 2.27. The summed E-state index contributed by atoms with van der Waals surface area (Å²) in [4.78, 5) is 24.2. The third-order valence-corrected chi connectivity index (χ3v) is 4.92. The van der Waals surface area contributed by atoms with E-state index in [-0.39, 0.29) is 17.7 Å². The molecular formula is C22H28F2N4O3. The largest absolute Gasteiger partial charge is 0.444 e. The zero-order valence-corrected chi connectivity index (χ0v) is 18.3. The number of carbonyl (C=O) groups excluding carboxylic acids is 1. The van der Waals surface area contributed by atoms with Crippen molar-refractivity contribution < 1.29 is 23.0 Å².